The zero-order valence-corrected chi connectivity index (χ0v) is 13.1. The van der Waals surface area contributed by atoms with Gasteiger partial charge in [0.2, 0.25) is 5.78 Å². The summed E-state index contributed by atoms with van der Waals surface area (Å²) in [5.41, 5.74) is 0.773. The molecule has 0 saturated heterocycles. The standard InChI is InChI=1S/C16H11Cl2NO3/c1-21-16-6-10(8-19)2-5-15(16)22-9-14(20)12-4-3-11(17)7-13(12)18/h2-7H,9H2,1H3. The number of carbonyl (C=O) groups excluding carboxylic acids is 1. The molecule has 2 aromatic rings. The smallest absolute Gasteiger partial charge is 0.201 e. The van der Waals surface area contributed by atoms with Crippen LogP contribution in [0.5, 0.6) is 11.5 Å². The van der Waals surface area contributed by atoms with Crippen LogP contribution in [0.15, 0.2) is 36.4 Å². The van der Waals surface area contributed by atoms with Gasteiger partial charge in [-0.1, -0.05) is 23.2 Å². The average Bonchev–Trinajstić information content (AvgIpc) is 2.52. The van der Waals surface area contributed by atoms with E-state index in [-0.39, 0.29) is 17.4 Å². The fourth-order valence-electron chi connectivity index (χ4n) is 1.79. The topological polar surface area (TPSA) is 59.3 Å². The van der Waals surface area contributed by atoms with E-state index >= 15 is 0 Å². The van der Waals surface area contributed by atoms with Crippen molar-refractivity contribution in [3.8, 4) is 17.6 Å². The maximum absolute atomic E-state index is 12.1. The number of Topliss-reactive ketones (excluding diaryl/α,β-unsaturated/α-hetero) is 1. The van der Waals surface area contributed by atoms with Crippen LogP contribution in [0, 0.1) is 11.3 Å². The summed E-state index contributed by atoms with van der Waals surface area (Å²) in [5.74, 6) is 0.474. The van der Waals surface area contributed by atoms with Gasteiger partial charge in [-0.05, 0) is 30.3 Å². The first-order valence-electron chi connectivity index (χ1n) is 6.24. The van der Waals surface area contributed by atoms with Crippen molar-refractivity contribution in [2.75, 3.05) is 13.7 Å². The number of ketones is 1. The normalized spacial score (nSPS) is 9.91. The molecule has 0 unspecified atom stereocenters. The van der Waals surface area contributed by atoms with Gasteiger partial charge in [-0.2, -0.15) is 5.26 Å². The maximum atomic E-state index is 12.1. The van der Waals surface area contributed by atoms with E-state index in [0.29, 0.717) is 27.6 Å². The fourth-order valence-corrected chi connectivity index (χ4v) is 2.31. The summed E-state index contributed by atoms with van der Waals surface area (Å²) in [4.78, 5) is 12.1. The fraction of sp³-hybridized carbons (Fsp3) is 0.125. The number of hydrogen-bond acceptors (Lipinski definition) is 4. The second-order valence-corrected chi connectivity index (χ2v) is 5.16. The Morgan fingerprint density at radius 1 is 1.18 bits per heavy atom. The molecule has 22 heavy (non-hydrogen) atoms. The van der Waals surface area contributed by atoms with Gasteiger partial charge in [0.25, 0.3) is 0 Å². The predicted octanol–water partition coefficient (Wildman–Crippen LogP) is 4.14. The van der Waals surface area contributed by atoms with Gasteiger partial charge in [-0.25, -0.2) is 0 Å². The van der Waals surface area contributed by atoms with Crippen LogP contribution in [0.4, 0.5) is 0 Å². The van der Waals surface area contributed by atoms with E-state index in [9.17, 15) is 4.79 Å². The number of rotatable bonds is 5. The molecule has 112 valence electrons. The molecule has 2 aromatic carbocycles. The Hall–Kier alpha value is -2.22. The lowest BCUT2D eigenvalue weighted by Crippen LogP contribution is -2.12. The van der Waals surface area contributed by atoms with Crippen molar-refractivity contribution in [2.45, 2.75) is 0 Å². The summed E-state index contributed by atoms with van der Waals surface area (Å²) >= 11 is 11.8. The average molecular weight is 336 g/mol. The molecule has 0 aliphatic carbocycles. The summed E-state index contributed by atoms with van der Waals surface area (Å²) in [5, 5.41) is 9.57. The van der Waals surface area contributed by atoms with Gasteiger partial charge in [-0.3, -0.25) is 4.79 Å². The third-order valence-corrected chi connectivity index (χ3v) is 3.43. The lowest BCUT2D eigenvalue weighted by molar-refractivity contribution is 0.0919. The Labute approximate surface area is 137 Å². The molecule has 0 aromatic heterocycles. The van der Waals surface area contributed by atoms with Crippen molar-refractivity contribution in [1.82, 2.24) is 0 Å². The third-order valence-electron chi connectivity index (χ3n) is 2.88. The van der Waals surface area contributed by atoms with E-state index in [2.05, 4.69) is 0 Å². The number of nitrogens with zero attached hydrogens (tertiary/aromatic N) is 1. The zero-order chi connectivity index (χ0) is 16.1. The molecular weight excluding hydrogens is 325 g/mol. The van der Waals surface area contributed by atoms with Crippen molar-refractivity contribution in [2.24, 2.45) is 0 Å². The quantitative estimate of drug-likeness (QED) is 0.770. The Bertz CT molecular complexity index is 754. The number of benzene rings is 2. The maximum Gasteiger partial charge on any atom is 0.201 e. The highest BCUT2D eigenvalue weighted by Gasteiger charge is 2.13. The molecule has 0 aliphatic rings. The summed E-state index contributed by atoms with van der Waals surface area (Å²) in [6, 6.07) is 11.3. The number of hydrogen-bond donors (Lipinski definition) is 0. The van der Waals surface area contributed by atoms with Crippen molar-refractivity contribution in [3.63, 3.8) is 0 Å². The van der Waals surface area contributed by atoms with Gasteiger partial charge in [-0.15, -0.1) is 0 Å². The summed E-state index contributed by atoms with van der Waals surface area (Å²) in [6.45, 7) is -0.205. The first-order chi connectivity index (χ1) is 10.5. The summed E-state index contributed by atoms with van der Waals surface area (Å²) in [7, 11) is 1.46. The molecule has 0 amide bonds. The van der Waals surface area contributed by atoms with Crippen LogP contribution in [0.3, 0.4) is 0 Å². The van der Waals surface area contributed by atoms with E-state index in [1.165, 1.54) is 19.2 Å². The molecule has 0 fully saturated rings. The van der Waals surface area contributed by atoms with Gasteiger partial charge >= 0.3 is 0 Å². The summed E-state index contributed by atoms with van der Waals surface area (Å²) < 4.78 is 10.6. The third kappa shape index (κ3) is 3.70. The number of ether oxygens (including phenoxy) is 2. The first kappa shape index (κ1) is 16.2. The number of carbonyl (C=O) groups is 1. The Morgan fingerprint density at radius 2 is 1.95 bits per heavy atom. The predicted molar refractivity (Wildman–Crippen MR) is 84.0 cm³/mol. The molecule has 0 spiro atoms. The lowest BCUT2D eigenvalue weighted by atomic mass is 10.1. The molecule has 2 rings (SSSR count). The minimum absolute atomic E-state index is 0.205. The Kier molecular flexibility index (Phi) is 5.26. The van der Waals surface area contributed by atoms with Crippen LogP contribution in [0.25, 0.3) is 0 Å². The second kappa shape index (κ2) is 7.17. The molecule has 0 aliphatic heterocycles. The lowest BCUT2D eigenvalue weighted by Gasteiger charge is -2.11. The SMILES string of the molecule is COc1cc(C#N)ccc1OCC(=O)c1ccc(Cl)cc1Cl. The van der Waals surface area contributed by atoms with Gasteiger partial charge in [0.05, 0.1) is 23.8 Å². The van der Waals surface area contributed by atoms with Crippen LogP contribution in [-0.4, -0.2) is 19.5 Å². The van der Waals surface area contributed by atoms with Gasteiger partial charge in [0.1, 0.15) is 0 Å². The second-order valence-electron chi connectivity index (χ2n) is 4.31. The Morgan fingerprint density at radius 3 is 2.59 bits per heavy atom. The molecule has 6 heteroatoms. The zero-order valence-electron chi connectivity index (χ0n) is 11.6. The molecule has 0 bridgehead atoms. The molecule has 4 nitrogen and oxygen atoms in total. The van der Waals surface area contributed by atoms with E-state index < -0.39 is 0 Å². The number of methoxy groups -OCH3 is 1. The Balaban J connectivity index is 2.13. The van der Waals surface area contributed by atoms with E-state index in [1.54, 1.807) is 24.3 Å². The molecule has 0 saturated carbocycles. The number of nitriles is 1. The van der Waals surface area contributed by atoms with E-state index in [1.807, 2.05) is 6.07 Å². The molecule has 0 N–H and O–H groups in total. The van der Waals surface area contributed by atoms with Crippen LogP contribution in [0.2, 0.25) is 10.0 Å². The van der Waals surface area contributed by atoms with Crippen LogP contribution in [-0.2, 0) is 0 Å². The largest absolute Gasteiger partial charge is 0.493 e. The molecule has 0 heterocycles. The highest BCUT2D eigenvalue weighted by Crippen LogP contribution is 2.28. The van der Waals surface area contributed by atoms with Gasteiger partial charge in [0.15, 0.2) is 18.1 Å². The van der Waals surface area contributed by atoms with E-state index in [4.69, 9.17) is 37.9 Å². The van der Waals surface area contributed by atoms with Crippen molar-refractivity contribution in [3.05, 3.63) is 57.6 Å². The highest BCUT2D eigenvalue weighted by atomic mass is 35.5. The van der Waals surface area contributed by atoms with Crippen LogP contribution < -0.4 is 9.47 Å². The summed E-state index contributed by atoms with van der Waals surface area (Å²) in [6.07, 6.45) is 0. The van der Waals surface area contributed by atoms with Gasteiger partial charge < -0.3 is 9.47 Å². The minimum atomic E-state index is -0.284. The minimum Gasteiger partial charge on any atom is -0.493 e. The van der Waals surface area contributed by atoms with Crippen LogP contribution >= 0.6 is 23.2 Å². The van der Waals surface area contributed by atoms with Crippen molar-refractivity contribution < 1.29 is 14.3 Å². The van der Waals surface area contributed by atoms with Crippen molar-refractivity contribution >= 4 is 29.0 Å². The molecular formula is C16H11Cl2NO3. The van der Waals surface area contributed by atoms with Gasteiger partial charge in [0, 0.05) is 16.7 Å². The monoisotopic (exact) mass is 335 g/mol. The first-order valence-corrected chi connectivity index (χ1v) is 7.00. The highest BCUT2D eigenvalue weighted by molar-refractivity contribution is 6.36. The molecule has 0 radical (unpaired) electrons. The van der Waals surface area contributed by atoms with Crippen molar-refractivity contribution in [1.29, 1.82) is 5.26 Å². The van der Waals surface area contributed by atoms with Crippen LogP contribution in [0.1, 0.15) is 15.9 Å². The molecule has 0 atom stereocenters. The van der Waals surface area contributed by atoms with E-state index in [0.717, 1.165) is 0 Å². The number of halogens is 2.